The van der Waals surface area contributed by atoms with Crippen LogP contribution in [0.4, 0.5) is 0 Å². The van der Waals surface area contributed by atoms with E-state index in [0.29, 0.717) is 44.7 Å². The van der Waals surface area contributed by atoms with Gasteiger partial charge in [0.25, 0.3) is 11.8 Å². The molecule has 4 rings (SSSR count). The number of nitrogens with zero attached hydrogens (tertiary/aromatic N) is 3. The fourth-order valence-electron chi connectivity index (χ4n) is 3.89. The maximum atomic E-state index is 12.9. The number of nitrogens with one attached hydrogen (secondary N) is 2. The Kier molecular flexibility index (Phi) is 4.92. The molecular weight excluding hydrogens is 378 g/mol. The summed E-state index contributed by atoms with van der Waals surface area (Å²) in [6.07, 6.45) is 1.26. The van der Waals surface area contributed by atoms with Crippen molar-refractivity contribution in [3.63, 3.8) is 0 Å². The van der Waals surface area contributed by atoms with Crippen LogP contribution in [0.1, 0.15) is 42.7 Å². The quantitative estimate of drug-likeness (QED) is 0.807. The summed E-state index contributed by atoms with van der Waals surface area (Å²) in [6, 6.07) is 3.80. The molecule has 3 amide bonds. The maximum absolute atomic E-state index is 12.9. The third-order valence-electron chi connectivity index (χ3n) is 5.47. The lowest BCUT2D eigenvalue weighted by Gasteiger charge is -2.26. The average molecular weight is 401 g/mol. The van der Waals surface area contributed by atoms with Gasteiger partial charge in [0.2, 0.25) is 5.91 Å². The van der Waals surface area contributed by atoms with E-state index < -0.39 is 0 Å². The predicted molar refractivity (Wildman–Crippen MR) is 104 cm³/mol. The number of thiophene rings is 1. The molecule has 0 spiro atoms. The van der Waals surface area contributed by atoms with E-state index in [0.717, 1.165) is 21.0 Å². The van der Waals surface area contributed by atoms with Crippen LogP contribution in [0.15, 0.2) is 12.1 Å². The zero-order valence-corrected chi connectivity index (χ0v) is 16.8. The van der Waals surface area contributed by atoms with Crippen LogP contribution in [-0.4, -0.2) is 64.4 Å². The summed E-state index contributed by atoms with van der Waals surface area (Å²) in [6.45, 7) is 3.94. The van der Waals surface area contributed by atoms with Crippen molar-refractivity contribution in [1.29, 1.82) is 0 Å². The van der Waals surface area contributed by atoms with Gasteiger partial charge >= 0.3 is 0 Å². The minimum atomic E-state index is -0.161. The number of amides is 3. The number of fused-ring (bicyclic) bond motifs is 1. The van der Waals surface area contributed by atoms with Crippen molar-refractivity contribution < 1.29 is 14.4 Å². The van der Waals surface area contributed by atoms with Crippen LogP contribution in [0, 0.1) is 12.8 Å². The summed E-state index contributed by atoms with van der Waals surface area (Å²) in [5, 5.41) is 9.85. The second-order valence-corrected chi connectivity index (χ2v) is 8.56. The molecule has 0 radical (unpaired) electrons. The van der Waals surface area contributed by atoms with E-state index in [1.165, 1.54) is 11.3 Å². The van der Waals surface area contributed by atoms with E-state index in [1.54, 1.807) is 16.8 Å². The molecular formula is C19H23N5O3S. The predicted octanol–water partition coefficient (Wildman–Crippen LogP) is 1.19. The average Bonchev–Trinajstić information content (AvgIpc) is 3.44. The molecule has 2 aromatic heterocycles. The van der Waals surface area contributed by atoms with Gasteiger partial charge in [0.05, 0.1) is 23.0 Å². The van der Waals surface area contributed by atoms with Crippen molar-refractivity contribution in [3.8, 4) is 0 Å². The molecule has 1 saturated heterocycles. The van der Waals surface area contributed by atoms with Gasteiger partial charge < -0.3 is 15.1 Å². The molecule has 148 valence electrons. The van der Waals surface area contributed by atoms with Crippen molar-refractivity contribution in [2.75, 3.05) is 26.7 Å². The van der Waals surface area contributed by atoms with Gasteiger partial charge in [0, 0.05) is 37.1 Å². The molecule has 0 bridgehead atoms. The molecule has 0 saturated carbocycles. The Morgan fingerprint density at radius 2 is 2.04 bits per heavy atom. The molecule has 1 unspecified atom stereocenters. The molecule has 1 atom stereocenters. The van der Waals surface area contributed by atoms with Crippen LogP contribution < -0.4 is 5.32 Å². The number of hydrogen-bond acceptors (Lipinski definition) is 5. The second-order valence-electron chi connectivity index (χ2n) is 7.27. The van der Waals surface area contributed by atoms with E-state index in [-0.39, 0.29) is 23.6 Å². The lowest BCUT2D eigenvalue weighted by atomic mass is 10.0. The number of aryl methyl sites for hydroxylation is 1. The molecule has 0 aliphatic carbocycles. The summed E-state index contributed by atoms with van der Waals surface area (Å²) in [5.74, 6) is -0.319. The maximum Gasteiger partial charge on any atom is 0.274 e. The highest BCUT2D eigenvalue weighted by Crippen LogP contribution is 2.26. The standard InChI is InChI=1S/C19H23N5O3S/c1-11-3-4-15(28-11)18(26)24-8-6-13-14(10-24)21-22-16(13)19(27)23-7-5-12(9-23)17(25)20-2/h3-4,12H,5-10H2,1-2H3,(H,20,25)(H,21,22). The van der Waals surface area contributed by atoms with E-state index in [9.17, 15) is 14.4 Å². The molecule has 2 aliphatic heterocycles. The number of aromatic amines is 1. The smallest absolute Gasteiger partial charge is 0.274 e. The molecule has 2 aromatic rings. The Morgan fingerprint density at radius 3 is 2.75 bits per heavy atom. The lowest BCUT2D eigenvalue weighted by Crippen LogP contribution is -2.37. The minimum absolute atomic E-state index is 0.0131. The van der Waals surface area contributed by atoms with Gasteiger partial charge in [0.1, 0.15) is 0 Å². The van der Waals surface area contributed by atoms with Crippen molar-refractivity contribution in [2.45, 2.75) is 26.3 Å². The molecule has 8 nitrogen and oxygen atoms in total. The number of rotatable bonds is 3. The molecule has 9 heteroatoms. The first-order valence-corrected chi connectivity index (χ1v) is 10.2. The first-order valence-electron chi connectivity index (χ1n) is 9.40. The largest absolute Gasteiger partial charge is 0.359 e. The van der Waals surface area contributed by atoms with Crippen molar-refractivity contribution in [3.05, 3.63) is 38.8 Å². The molecule has 2 N–H and O–H groups in total. The monoisotopic (exact) mass is 401 g/mol. The number of likely N-dealkylation sites (tertiary alicyclic amines) is 1. The summed E-state index contributed by atoms with van der Waals surface area (Å²) in [5.41, 5.74) is 2.13. The van der Waals surface area contributed by atoms with Crippen LogP contribution in [0.2, 0.25) is 0 Å². The lowest BCUT2D eigenvalue weighted by molar-refractivity contribution is -0.124. The summed E-state index contributed by atoms with van der Waals surface area (Å²) < 4.78 is 0. The summed E-state index contributed by atoms with van der Waals surface area (Å²) in [4.78, 5) is 42.7. The molecule has 2 aliphatic rings. The van der Waals surface area contributed by atoms with Gasteiger partial charge in [0.15, 0.2) is 5.69 Å². The highest BCUT2D eigenvalue weighted by molar-refractivity contribution is 7.13. The molecule has 4 heterocycles. The van der Waals surface area contributed by atoms with Gasteiger partial charge in [-0.2, -0.15) is 5.10 Å². The van der Waals surface area contributed by atoms with Gasteiger partial charge in [-0.1, -0.05) is 0 Å². The summed E-state index contributed by atoms with van der Waals surface area (Å²) in [7, 11) is 1.61. The Hall–Kier alpha value is -2.68. The van der Waals surface area contributed by atoms with Gasteiger partial charge in [-0.05, 0) is 31.9 Å². The number of hydrogen-bond donors (Lipinski definition) is 2. The van der Waals surface area contributed by atoms with Gasteiger partial charge in [-0.3, -0.25) is 19.5 Å². The van der Waals surface area contributed by atoms with Crippen LogP contribution in [-0.2, 0) is 17.8 Å². The van der Waals surface area contributed by atoms with Crippen LogP contribution in [0.3, 0.4) is 0 Å². The minimum Gasteiger partial charge on any atom is -0.359 e. The Morgan fingerprint density at radius 1 is 1.21 bits per heavy atom. The normalized spacial score (nSPS) is 18.9. The third-order valence-corrected chi connectivity index (χ3v) is 6.46. The first kappa shape index (κ1) is 18.7. The second kappa shape index (κ2) is 7.38. The SMILES string of the molecule is CNC(=O)C1CCN(C(=O)c2n[nH]c3c2CCN(C(=O)c2ccc(C)s2)C3)C1. The van der Waals surface area contributed by atoms with Crippen LogP contribution in [0.25, 0.3) is 0 Å². The Balaban J connectivity index is 1.46. The van der Waals surface area contributed by atoms with Crippen molar-refractivity contribution in [2.24, 2.45) is 5.92 Å². The fraction of sp³-hybridized carbons (Fsp3) is 0.474. The number of carbonyl (C=O) groups is 3. The zero-order valence-electron chi connectivity index (χ0n) is 15.9. The van der Waals surface area contributed by atoms with E-state index in [4.69, 9.17) is 0 Å². The molecule has 1 fully saturated rings. The topological polar surface area (TPSA) is 98.4 Å². The number of H-pyrrole nitrogens is 1. The number of aromatic nitrogens is 2. The van der Waals surface area contributed by atoms with Gasteiger partial charge in [-0.25, -0.2) is 0 Å². The zero-order chi connectivity index (χ0) is 19.8. The highest BCUT2D eigenvalue weighted by Gasteiger charge is 2.35. The van der Waals surface area contributed by atoms with Crippen LogP contribution >= 0.6 is 11.3 Å². The fourth-order valence-corrected chi connectivity index (χ4v) is 4.72. The number of carbonyl (C=O) groups excluding carboxylic acids is 3. The summed E-state index contributed by atoms with van der Waals surface area (Å²) >= 11 is 1.49. The Bertz CT molecular complexity index is 934. The van der Waals surface area contributed by atoms with E-state index >= 15 is 0 Å². The van der Waals surface area contributed by atoms with E-state index in [1.807, 2.05) is 19.1 Å². The van der Waals surface area contributed by atoms with Gasteiger partial charge in [-0.15, -0.1) is 11.3 Å². The van der Waals surface area contributed by atoms with Crippen molar-refractivity contribution in [1.82, 2.24) is 25.3 Å². The van der Waals surface area contributed by atoms with Crippen LogP contribution in [0.5, 0.6) is 0 Å². The first-order chi connectivity index (χ1) is 13.5. The molecule has 28 heavy (non-hydrogen) atoms. The van der Waals surface area contributed by atoms with Crippen molar-refractivity contribution >= 4 is 29.1 Å². The highest BCUT2D eigenvalue weighted by atomic mass is 32.1. The Labute approximate surface area is 166 Å². The third kappa shape index (κ3) is 3.30. The molecule has 0 aromatic carbocycles. The van der Waals surface area contributed by atoms with E-state index in [2.05, 4.69) is 15.5 Å².